The van der Waals surface area contributed by atoms with Gasteiger partial charge in [-0.3, -0.25) is 9.40 Å². The van der Waals surface area contributed by atoms with Crippen LogP contribution < -0.4 is 0 Å². The van der Waals surface area contributed by atoms with Crippen LogP contribution in [0.4, 0.5) is 4.79 Å². The van der Waals surface area contributed by atoms with Crippen molar-refractivity contribution in [3.8, 4) is 0 Å². The molecule has 1 amide bonds. The predicted octanol–water partition coefficient (Wildman–Crippen LogP) is 2.96. The lowest BCUT2D eigenvalue weighted by Gasteiger charge is -2.22. The van der Waals surface area contributed by atoms with Gasteiger partial charge in [-0.25, -0.2) is 4.79 Å². The lowest BCUT2D eigenvalue weighted by atomic mass is 10.4. The zero-order chi connectivity index (χ0) is 14.9. The van der Waals surface area contributed by atoms with E-state index < -0.39 is 13.7 Å². The highest BCUT2D eigenvalue weighted by molar-refractivity contribution is 7.53. The third kappa shape index (κ3) is 7.52. The van der Waals surface area contributed by atoms with Crippen LogP contribution in [0.25, 0.3) is 0 Å². The van der Waals surface area contributed by atoms with E-state index in [0.29, 0.717) is 19.6 Å². The average molecular weight is 297 g/mol. The predicted molar refractivity (Wildman–Crippen MR) is 71.3 cm³/mol. The summed E-state index contributed by atoms with van der Waals surface area (Å²) in [5, 5.41) is 9.74. The Morgan fingerprint density at radius 1 is 1.26 bits per heavy atom. The van der Waals surface area contributed by atoms with Crippen molar-refractivity contribution in [2.24, 2.45) is 0 Å². The van der Waals surface area contributed by atoms with Gasteiger partial charge >= 0.3 is 13.7 Å². The first-order valence-electron chi connectivity index (χ1n) is 6.39. The average Bonchev–Trinajstić information content (AvgIpc) is 2.28. The molecule has 0 aliphatic heterocycles. The van der Waals surface area contributed by atoms with Crippen LogP contribution in [0.1, 0.15) is 34.1 Å². The molecule has 0 radical (unpaired) electrons. The highest BCUT2D eigenvalue weighted by atomic mass is 31.2. The van der Waals surface area contributed by atoms with E-state index in [0.717, 1.165) is 5.06 Å². The standard InChI is InChI=1S/C11H24NO6P/c1-5-17-19(15,18-6-2)9-7-8-16-12(10(3)4)11(13)14/h10H,5-9H2,1-4H3,(H,13,14). The Bertz CT molecular complexity index is 300. The lowest BCUT2D eigenvalue weighted by molar-refractivity contribution is -0.149. The van der Waals surface area contributed by atoms with E-state index in [4.69, 9.17) is 19.0 Å². The van der Waals surface area contributed by atoms with Crippen LogP contribution in [0.2, 0.25) is 0 Å². The summed E-state index contributed by atoms with van der Waals surface area (Å²) in [5.41, 5.74) is 0. The van der Waals surface area contributed by atoms with Gasteiger partial charge in [-0.15, -0.1) is 0 Å². The third-order valence-corrected chi connectivity index (χ3v) is 4.28. The van der Waals surface area contributed by atoms with E-state index in [1.54, 1.807) is 27.7 Å². The van der Waals surface area contributed by atoms with Crippen molar-refractivity contribution in [2.75, 3.05) is 26.0 Å². The second-order valence-electron chi connectivity index (χ2n) is 4.06. The summed E-state index contributed by atoms with van der Waals surface area (Å²) < 4.78 is 22.3. The molecule has 114 valence electrons. The number of carbonyl (C=O) groups is 1. The molecule has 0 spiro atoms. The number of nitrogens with zero attached hydrogens (tertiary/aromatic N) is 1. The molecule has 0 atom stereocenters. The van der Waals surface area contributed by atoms with E-state index in [1.807, 2.05) is 0 Å². The quantitative estimate of drug-likeness (QED) is 0.379. The van der Waals surface area contributed by atoms with Crippen LogP contribution >= 0.6 is 7.60 Å². The van der Waals surface area contributed by atoms with Crippen molar-refractivity contribution in [1.29, 1.82) is 0 Å². The van der Waals surface area contributed by atoms with Crippen LogP contribution in [0.15, 0.2) is 0 Å². The van der Waals surface area contributed by atoms with E-state index in [9.17, 15) is 9.36 Å². The van der Waals surface area contributed by atoms with Crippen LogP contribution in [-0.2, 0) is 18.5 Å². The summed E-state index contributed by atoms with van der Waals surface area (Å²) in [5.74, 6) is 0. The molecule has 8 heteroatoms. The van der Waals surface area contributed by atoms with Gasteiger partial charge in [0.05, 0.1) is 32.0 Å². The topological polar surface area (TPSA) is 85.3 Å². The third-order valence-electron chi connectivity index (χ3n) is 2.12. The minimum absolute atomic E-state index is 0.147. The number of hydroxylamine groups is 2. The molecule has 0 unspecified atom stereocenters. The Labute approximate surface area is 114 Å². The first-order valence-corrected chi connectivity index (χ1v) is 8.12. The molecule has 0 aliphatic carbocycles. The van der Waals surface area contributed by atoms with Gasteiger partial charge in [-0.05, 0) is 34.1 Å². The van der Waals surface area contributed by atoms with Crippen LogP contribution in [-0.4, -0.2) is 48.3 Å². The molecule has 0 heterocycles. The zero-order valence-corrected chi connectivity index (χ0v) is 12.9. The van der Waals surface area contributed by atoms with Crippen LogP contribution in [0, 0.1) is 0 Å². The number of carboxylic acid groups (broad SMARTS) is 1. The molecule has 0 fully saturated rings. The fraction of sp³-hybridized carbons (Fsp3) is 0.909. The number of amides is 1. The van der Waals surface area contributed by atoms with Crippen LogP contribution in [0.5, 0.6) is 0 Å². The minimum atomic E-state index is -3.07. The van der Waals surface area contributed by atoms with Crippen LogP contribution in [0.3, 0.4) is 0 Å². The molecule has 0 rings (SSSR count). The summed E-state index contributed by atoms with van der Waals surface area (Å²) in [6.07, 6.45) is -0.540. The molecular weight excluding hydrogens is 273 g/mol. The maximum atomic E-state index is 12.1. The molecule has 7 nitrogen and oxygen atoms in total. The lowest BCUT2D eigenvalue weighted by Crippen LogP contribution is -2.36. The summed E-state index contributed by atoms with van der Waals surface area (Å²) >= 11 is 0. The Balaban J connectivity index is 4.12. The van der Waals surface area contributed by atoms with Gasteiger partial charge in [0.2, 0.25) is 0 Å². The smallest absolute Gasteiger partial charge is 0.431 e. The molecule has 1 N–H and O–H groups in total. The van der Waals surface area contributed by atoms with Crippen molar-refractivity contribution >= 4 is 13.7 Å². The minimum Gasteiger partial charge on any atom is -0.463 e. The molecule has 0 aromatic heterocycles. The van der Waals surface area contributed by atoms with Gasteiger partial charge in [-0.1, -0.05) is 0 Å². The zero-order valence-electron chi connectivity index (χ0n) is 12.0. The van der Waals surface area contributed by atoms with Gasteiger partial charge in [0, 0.05) is 0 Å². The molecule has 0 bridgehead atoms. The first kappa shape index (κ1) is 18.4. The molecular formula is C11H24NO6P. The SMILES string of the molecule is CCOP(=O)(CCCON(C(=O)O)C(C)C)OCC. The fourth-order valence-corrected chi connectivity index (χ4v) is 3.04. The van der Waals surface area contributed by atoms with Gasteiger partial charge in [0.25, 0.3) is 0 Å². The molecule has 0 aromatic rings. The van der Waals surface area contributed by atoms with E-state index >= 15 is 0 Å². The van der Waals surface area contributed by atoms with Gasteiger partial charge in [0.1, 0.15) is 0 Å². The molecule has 0 saturated carbocycles. The second-order valence-corrected chi connectivity index (χ2v) is 6.24. The van der Waals surface area contributed by atoms with E-state index in [-0.39, 0.29) is 18.8 Å². The fourth-order valence-electron chi connectivity index (χ4n) is 1.41. The Hall–Kier alpha value is -0.620. The van der Waals surface area contributed by atoms with Crippen molar-refractivity contribution in [3.63, 3.8) is 0 Å². The molecule has 0 saturated heterocycles. The Kier molecular flexibility index (Phi) is 9.01. The van der Waals surface area contributed by atoms with Crippen molar-refractivity contribution in [3.05, 3.63) is 0 Å². The number of hydrogen-bond acceptors (Lipinski definition) is 5. The molecule has 19 heavy (non-hydrogen) atoms. The number of rotatable bonds is 10. The van der Waals surface area contributed by atoms with E-state index in [2.05, 4.69) is 0 Å². The molecule has 0 aromatic carbocycles. The summed E-state index contributed by atoms with van der Waals surface area (Å²) in [6, 6.07) is -0.275. The summed E-state index contributed by atoms with van der Waals surface area (Å²) in [7, 11) is -3.07. The van der Waals surface area contributed by atoms with E-state index in [1.165, 1.54) is 0 Å². The normalized spacial score (nSPS) is 11.8. The molecule has 0 aliphatic rings. The van der Waals surface area contributed by atoms with Gasteiger partial charge in [0.15, 0.2) is 0 Å². The van der Waals surface area contributed by atoms with Crippen molar-refractivity contribution in [1.82, 2.24) is 5.06 Å². The van der Waals surface area contributed by atoms with Crippen molar-refractivity contribution in [2.45, 2.75) is 40.2 Å². The highest BCUT2D eigenvalue weighted by Crippen LogP contribution is 2.48. The Morgan fingerprint density at radius 3 is 2.16 bits per heavy atom. The summed E-state index contributed by atoms with van der Waals surface area (Å²) in [6.45, 7) is 7.67. The van der Waals surface area contributed by atoms with Gasteiger partial charge in [-0.2, -0.15) is 5.06 Å². The largest absolute Gasteiger partial charge is 0.463 e. The maximum Gasteiger partial charge on any atom is 0.431 e. The van der Waals surface area contributed by atoms with Crippen molar-refractivity contribution < 1.29 is 28.4 Å². The monoisotopic (exact) mass is 297 g/mol. The number of hydrogen-bond donors (Lipinski definition) is 1. The highest BCUT2D eigenvalue weighted by Gasteiger charge is 2.23. The summed E-state index contributed by atoms with van der Waals surface area (Å²) in [4.78, 5) is 16.0. The van der Waals surface area contributed by atoms with Gasteiger partial charge < -0.3 is 14.2 Å². The first-order chi connectivity index (χ1) is 8.86. The maximum absolute atomic E-state index is 12.1. The second kappa shape index (κ2) is 9.31. The Morgan fingerprint density at radius 2 is 1.79 bits per heavy atom.